The van der Waals surface area contributed by atoms with Crippen molar-refractivity contribution in [3.05, 3.63) is 82.6 Å². The van der Waals surface area contributed by atoms with Crippen LogP contribution in [-0.2, 0) is 35.2 Å². The quantitative estimate of drug-likeness (QED) is 0.116. The van der Waals surface area contributed by atoms with E-state index in [1.165, 1.54) is 12.1 Å². The minimum absolute atomic E-state index is 0.117. The first-order valence-electron chi connectivity index (χ1n) is 16.7. The molecule has 0 atom stereocenters. The number of hydrogen-bond acceptors (Lipinski definition) is 8. The summed E-state index contributed by atoms with van der Waals surface area (Å²) >= 11 is 0. The number of ether oxygens (including phenoxy) is 2. The van der Waals surface area contributed by atoms with Gasteiger partial charge in [-0.05, 0) is 60.4 Å². The molecule has 10 nitrogen and oxygen atoms in total. The van der Waals surface area contributed by atoms with Crippen molar-refractivity contribution in [1.29, 1.82) is 0 Å². The van der Waals surface area contributed by atoms with Crippen molar-refractivity contribution in [3.8, 4) is 11.3 Å². The van der Waals surface area contributed by atoms with E-state index in [9.17, 15) is 17.8 Å². The summed E-state index contributed by atoms with van der Waals surface area (Å²) in [5.41, 5.74) is 3.65. The molecule has 0 amide bonds. The standard InChI is InChI=1S/C38H50N2O8S/c1-37(2,3)35-24-27(30-17-15-28(25-33(30)48-35)39(20-22-46-6)21-23-47-7)12-11-13-34-38(4,5)31-26-29(49(43,44)45)16-18-32(31)40(34)19-10-8-9-14-36(41)42/h11-13,15-18,24-26H,8-10,14,19-23H2,1-7H3,(H-,41,42,43,44,45). The lowest BCUT2D eigenvalue weighted by Crippen LogP contribution is -2.35. The van der Waals surface area contributed by atoms with Gasteiger partial charge in [-0.3, -0.25) is 4.79 Å². The van der Waals surface area contributed by atoms with Gasteiger partial charge in [0, 0.05) is 61.0 Å². The SMILES string of the molecule is COCC[N+](CCOC)=c1ccc2c(/C=C/C=C3/N(CCCCCC(=O)O)c4ccc(S(=O)(=O)[O-])cc4C3(C)C)cc(C(C)(C)C)oc-2c1. The van der Waals surface area contributed by atoms with Gasteiger partial charge in [0.2, 0.25) is 5.36 Å². The fourth-order valence-corrected chi connectivity index (χ4v) is 6.69. The van der Waals surface area contributed by atoms with Gasteiger partial charge in [0.25, 0.3) is 0 Å². The molecule has 1 aliphatic carbocycles. The lowest BCUT2D eigenvalue weighted by atomic mass is 9.83. The predicted molar refractivity (Wildman–Crippen MR) is 191 cm³/mol. The molecule has 11 heteroatoms. The van der Waals surface area contributed by atoms with E-state index in [0.29, 0.717) is 39.3 Å². The number of carbonyl (C=O) groups is 1. The summed E-state index contributed by atoms with van der Waals surface area (Å²) in [5.74, 6) is 0.791. The Morgan fingerprint density at radius 2 is 1.71 bits per heavy atom. The fraction of sp³-hybridized carbons (Fsp3) is 0.474. The first-order chi connectivity index (χ1) is 23.1. The Bertz CT molecular complexity index is 1840. The Morgan fingerprint density at radius 1 is 1.02 bits per heavy atom. The molecule has 4 rings (SSSR count). The van der Waals surface area contributed by atoms with Gasteiger partial charge in [-0.25, -0.2) is 13.0 Å². The molecule has 0 radical (unpaired) electrons. The minimum atomic E-state index is -4.63. The third-order valence-electron chi connectivity index (χ3n) is 8.97. The van der Waals surface area contributed by atoms with Crippen molar-refractivity contribution in [2.45, 2.75) is 76.0 Å². The van der Waals surface area contributed by atoms with Crippen LogP contribution in [0.4, 0.5) is 5.69 Å². The second kappa shape index (κ2) is 15.8. The third-order valence-corrected chi connectivity index (χ3v) is 9.80. The number of aliphatic carboxylic acids is 1. The number of rotatable bonds is 15. The molecule has 1 aromatic rings. The average molecular weight is 695 g/mol. The van der Waals surface area contributed by atoms with Crippen molar-refractivity contribution < 1.29 is 36.8 Å². The summed E-state index contributed by atoms with van der Waals surface area (Å²) < 4.78 is 55.2. The predicted octanol–water partition coefficient (Wildman–Crippen LogP) is 5.99. The van der Waals surface area contributed by atoms with Crippen LogP contribution < -0.4 is 14.8 Å². The van der Waals surface area contributed by atoms with Gasteiger partial charge in [0.05, 0.1) is 11.0 Å². The van der Waals surface area contributed by atoms with Crippen molar-refractivity contribution in [2.24, 2.45) is 0 Å². The molecule has 3 aliphatic rings. The van der Waals surface area contributed by atoms with Crippen LogP contribution >= 0.6 is 0 Å². The molecule has 0 saturated carbocycles. The second-order valence-electron chi connectivity index (χ2n) is 14.0. The van der Waals surface area contributed by atoms with E-state index in [-0.39, 0.29) is 16.7 Å². The Labute approximate surface area is 290 Å². The van der Waals surface area contributed by atoms with Crippen LogP contribution in [0.25, 0.3) is 17.4 Å². The topological polar surface area (TPSA) is 132 Å². The normalized spacial score (nSPS) is 15.4. The zero-order chi connectivity index (χ0) is 36.0. The molecule has 2 heterocycles. The fourth-order valence-electron chi connectivity index (χ4n) is 6.19. The number of anilines is 1. The molecule has 0 spiro atoms. The summed E-state index contributed by atoms with van der Waals surface area (Å²) in [6, 6.07) is 12.8. The highest BCUT2D eigenvalue weighted by molar-refractivity contribution is 7.85. The molecule has 1 aromatic carbocycles. The molecule has 0 bridgehead atoms. The summed E-state index contributed by atoms with van der Waals surface area (Å²) in [6.07, 6.45) is 8.29. The minimum Gasteiger partial charge on any atom is -0.744 e. The molecule has 266 valence electrons. The molecule has 0 aromatic heterocycles. The highest BCUT2D eigenvalue weighted by atomic mass is 32.2. The van der Waals surface area contributed by atoms with Crippen LogP contribution in [0.3, 0.4) is 0 Å². The molecule has 0 fully saturated rings. The van der Waals surface area contributed by atoms with Gasteiger partial charge in [0.15, 0.2) is 13.1 Å². The van der Waals surface area contributed by atoms with E-state index in [0.717, 1.165) is 57.8 Å². The van der Waals surface area contributed by atoms with E-state index in [2.05, 4.69) is 60.6 Å². The van der Waals surface area contributed by atoms with Crippen LogP contribution in [0.2, 0.25) is 0 Å². The maximum atomic E-state index is 11.9. The van der Waals surface area contributed by atoms with Crippen LogP contribution in [0.1, 0.15) is 77.2 Å². The third kappa shape index (κ3) is 9.27. The summed E-state index contributed by atoms with van der Waals surface area (Å²) in [5, 5.41) is 10.1. The van der Waals surface area contributed by atoms with Gasteiger partial charge in [0.1, 0.15) is 34.9 Å². The first-order valence-corrected chi connectivity index (χ1v) is 18.1. The molecule has 0 unspecified atom stereocenters. The molecular formula is C38H50N2O8S. The number of allylic oxidation sites excluding steroid dienone is 3. The lowest BCUT2D eigenvalue weighted by molar-refractivity contribution is -0.137. The smallest absolute Gasteiger partial charge is 0.303 e. The zero-order valence-electron chi connectivity index (χ0n) is 29.7. The second-order valence-corrected chi connectivity index (χ2v) is 15.4. The van der Waals surface area contributed by atoms with Crippen molar-refractivity contribution in [2.75, 3.05) is 52.0 Å². The average Bonchev–Trinajstić information content (AvgIpc) is 3.24. The van der Waals surface area contributed by atoms with Crippen LogP contribution in [0.15, 0.2) is 69.6 Å². The van der Waals surface area contributed by atoms with E-state index in [4.69, 9.17) is 19.0 Å². The highest BCUT2D eigenvalue weighted by Crippen LogP contribution is 2.48. The zero-order valence-corrected chi connectivity index (χ0v) is 30.6. The number of hydrogen-bond donors (Lipinski definition) is 1. The van der Waals surface area contributed by atoms with Crippen molar-refractivity contribution in [3.63, 3.8) is 0 Å². The molecular weight excluding hydrogens is 644 g/mol. The Kier molecular flexibility index (Phi) is 12.3. The summed E-state index contributed by atoms with van der Waals surface area (Å²) in [4.78, 5) is 12.9. The molecule has 49 heavy (non-hydrogen) atoms. The Hall–Kier alpha value is -3.77. The van der Waals surface area contributed by atoms with E-state index in [1.807, 2.05) is 26.0 Å². The van der Waals surface area contributed by atoms with Crippen LogP contribution in [-0.4, -0.2) is 71.1 Å². The maximum absolute atomic E-state index is 11.9. The number of methoxy groups -OCH3 is 2. The van der Waals surface area contributed by atoms with Crippen LogP contribution in [0.5, 0.6) is 0 Å². The van der Waals surface area contributed by atoms with E-state index >= 15 is 0 Å². The van der Waals surface area contributed by atoms with Gasteiger partial charge in [-0.15, -0.1) is 0 Å². The highest BCUT2D eigenvalue weighted by Gasteiger charge is 2.40. The number of carboxylic acids is 1. The molecule has 1 N–H and O–H groups in total. The lowest BCUT2D eigenvalue weighted by Gasteiger charge is -2.27. The maximum Gasteiger partial charge on any atom is 0.303 e. The summed E-state index contributed by atoms with van der Waals surface area (Å²) in [6.45, 7) is 13.6. The number of nitrogens with zero attached hydrogens (tertiary/aromatic N) is 2. The number of fused-ring (bicyclic) bond motifs is 2. The van der Waals surface area contributed by atoms with Crippen molar-refractivity contribution in [1.82, 2.24) is 4.58 Å². The first kappa shape index (κ1) is 38.0. The number of benzene rings is 2. The number of carboxylic acid groups (broad SMARTS) is 1. The molecule has 0 saturated heterocycles. The molecule has 2 aliphatic heterocycles. The Morgan fingerprint density at radius 3 is 2.33 bits per heavy atom. The van der Waals surface area contributed by atoms with Gasteiger partial charge in [-0.1, -0.05) is 53.2 Å². The van der Waals surface area contributed by atoms with Gasteiger partial charge in [-0.2, -0.15) is 0 Å². The van der Waals surface area contributed by atoms with Gasteiger partial charge >= 0.3 is 5.97 Å². The Balaban J connectivity index is 1.79. The van der Waals surface area contributed by atoms with Crippen LogP contribution in [0, 0.1) is 0 Å². The largest absolute Gasteiger partial charge is 0.744 e. The monoisotopic (exact) mass is 694 g/mol. The summed E-state index contributed by atoms with van der Waals surface area (Å²) in [7, 11) is -1.25. The van der Waals surface area contributed by atoms with E-state index in [1.54, 1.807) is 20.3 Å². The number of unbranched alkanes of at least 4 members (excludes halogenated alkanes) is 2. The van der Waals surface area contributed by atoms with Gasteiger partial charge < -0.3 is 28.5 Å². The van der Waals surface area contributed by atoms with E-state index < -0.39 is 21.5 Å². The van der Waals surface area contributed by atoms with Crippen molar-refractivity contribution >= 4 is 27.9 Å².